The molecule has 0 aromatic heterocycles. The zero-order chi connectivity index (χ0) is 16.4. The first kappa shape index (κ1) is 16.3. The van der Waals surface area contributed by atoms with E-state index in [9.17, 15) is 4.79 Å². The van der Waals surface area contributed by atoms with Crippen molar-refractivity contribution in [2.24, 2.45) is 0 Å². The summed E-state index contributed by atoms with van der Waals surface area (Å²) in [4.78, 5) is 16.1. The topological polar surface area (TPSA) is 44.8 Å². The Labute approximate surface area is 138 Å². The predicted molar refractivity (Wildman–Crippen MR) is 90.4 cm³/mol. The molecule has 1 N–H and O–H groups in total. The number of hydrogen-bond acceptors (Lipinski definition) is 3. The van der Waals surface area contributed by atoms with Crippen LogP contribution in [-0.4, -0.2) is 61.3 Å². The maximum absolute atomic E-state index is 12.0. The van der Waals surface area contributed by atoms with Crippen molar-refractivity contribution >= 4 is 6.03 Å². The number of ether oxygens (including phenoxy) is 1. The van der Waals surface area contributed by atoms with E-state index in [4.69, 9.17) is 4.74 Å². The van der Waals surface area contributed by atoms with Crippen LogP contribution in [0.1, 0.15) is 24.0 Å². The first-order valence-corrected chi connectivity index (χ1v) is 8.43. The van der Waals surface area contributed by atoms with E-state index in [-0.39, 0.29) is 18.2 Å². The van der Waals surface area contributed by atoms with E-state index < -0.39 is 0 Å². The molecule has 0 bridgehead atoms. The van der Waals surface area contributed by atoms with E-state index in [1.807, 2.05) is 0 Å². The monoisotopic (exact) mass is 317 g/mol. The number of benzene rings is 1. The second kappa shape index (κ2) is 6.89. The number of aryl methyl sites for hydroxylation is 1. The van der Waals surface area contributed by atoms with Gasteiger partial charge in [0.25, 0.3) is 0 Å². The van der Waals surface area contributed by atoms with E-state index in [1.165, 1.54) is 11.1 Å². The Morgan fingerprint density at radius 2 is 2.09 bits per heavy atom. The van der Waals surface area contributed by atoms with Gasteiger partial charge in [0.2, 0.25) is 0 Å². The van der Waals surface area contributed by atoms with Gasteiger partial charge in [0, 0.05) is 39.8 Å². The van der Waals surface area contributed by atoms with Crippen molar-refractivity contribution in [2.45, 2.75) is 44.5 Å². The zero-order valence-electron chi connectivity index (χ0n) is 14.3. The number of likely N-dealkylation sites (tertiary alicyclic amines) is 1. The summed E-state index contributed by atoms with van der Waals surface area (Å²) in [5, 5.41) is 3.12. The Bertz CT molecular complexity index is 544. The molecule has 2 saturated heterocycles. The third kappa shape index (κ3) is 3.67. The summed E-state index contributed by atoms with van der Waals surface area (Å²) >= 11 is 0. The van der Waals surface area contributed by atoms with Crippen LogP contribution >= 0.6 is 0 Å². The summed E-state index contributed by atoms with van der Waals surface area (Å²) in [5.41, 5.74) is 2.60. The lowest BCUT2D eigenvalue weighted by Gasteiger charge is -2.32. The fourth-order valence-corrected chi connectivity index (χ4v) is 3.58. The van der Waals surface area contributed by atoms with Gasteiger partial charge in [-0.3, -0.25) is 4.90 Å². The van der Waals surface area contributed by atoms with Crippen LogP contribution in [0.4, 0.5) is 4.79 Å². The minimum absolute atomic E-state index is 0.0416. The van der Waals surface area contributed by atoms with Crippen molar-refractivity contribution < 1.29 is 9.53 Å². The molecule has 23 heavy (non-hydrogen) atoms. The summed E-state index contributed by atoms with van der Waals surface area (Å²) in [6, 6.07) is 9.13. The lowest BCUT2D eigenvalue weighted by Crippen LogP contribution is -2.50. The molecule has 5 heteroatoms. The van der Waals surface area contributed by atoms with Crippen LogP contribution in [-0.2, 0) is 11.3 Å². The van der Waals surface area contributed by atoms with E-state index >= 15 is 0 Å². The van der Waals surface area contributed by atoms with Crippen LogP contribution in [0.25, 0.3) is 0 Å². The lowest BCUT2D eigenvalue weighted by molar-refractivity contribution is -0.0207. The average Bonchev–Trinajstić information content (AvgIpc) is 2.88. The van der Waals surface area contributed by atoms with Gasteiger partial charge in [0.1, 0.15) is 0 Å². The number of carbonyl (C=O) groups is 1. The highest BCUT2D eigenvalue weighted by Gasteiger charge is 2.44. The fraction of sp³-hybridized carbons (Fsp3) is 0.611. The largest absolute Gasteiger partial charge is 0.374 e. The smallest absolute Gasteiger partial charge is 0.317 e. The molecule has 3 rings (SSSR count). The van der Waals surface area contributed by atoms with Gasteiger partial charge in [-0.05, 0) is 25.3 Å². The standard InChI is InChI=1S/C18H27N3O2/c1-13-6-8-14(9-7-13)11-21-12-15(19-18(22)20(2)3)17-16(21)5-4-10-23-17/h6-9,15-17H,4-5,10-12H2,1-3H3,(H,19,22)/t15-,16-,17-/m1/s1. The summed E-state index contributed by atoms with van der Waals surface area (Å²) in [6.45, 7) is 4.67. The van der Waals surface area contributed by atoms with Gasteiger partial charge in [-0.1, -0.05) is 29.8 Å². The third-order valence-electron chi connectivity index (χ3n) is 4.85. The molecule has 126 valence electrons. The number of nitrogens with one attached hydrogen (secondary N) is 1. The third-order valence-corrected chi connectivity index (χ3v) is 4.85. The van der Waals surface area contributed by atoms with Gasteiger partial charge in [0.05, 0.1) is 12.1 Å². The van der Waals surface area contributed by atoms with Crippen LogP contribution in [0.5, 0.6) is 0 Å². The van der Waals surface area contributed by atoms with Gasteiger partial charge < -0.3 is 15.0 Å². The van der Waals surface area contributed by atoms with E-state index in [2.05, 4.69) is 41.4 Å². The number of carbonyl (C=O) groups excluding carboxylic acids is 1. The molecule has 5 nitrogen and oxygen atoms in total. The maximum Gasteiger partial charge on any atom is 0.317 e. The molecule has 0 spiro atoms. The van der Waals surface area contributed by atoms with Gasteiger partial charge in [-0.2, -0.15) is 0 Å². The Morgan fingerprint density at radius 3 is 2.78 bits per heavy atom. The normalized spacial score (nSPS) is 27.5. The van der Waals surface area contributed by atoms with Crippen LogP contribution in [0.3, 0.4) is 0 Å². The number of fused-ring (bicyclic) bond motifs is 1. The predicted octanol–water partition coefficient (Wildman–Crippen LogP) is 2.00. The molecule has 0 unspecified atom stereocenters. The molecule has 1 aromatic carbocycles. The number of nitrogens with zero attached hydrogens (tertiary/aromatic N) is 2. The second-order valence-electron chi connectivity index (χ2n) is 6.91. The van der Waals surface area contributed by atoms with Crippen LogP contribution in [0.15, 0.2) is 24.3 Å². The number of urea groups is 1. The minimum Gasteiger partial charge on any atom is -0.374 e. The molecule has 0 aliphatic carbocycles. The van der Waals surface area contributed by atoms with Crippen molar-refractivity contribution in [2.75, 3.05) is 27.2 Å². The summed E-state index contributed by atoms with van der Waals surface area (Å²) in [6.07, 6.45) is 2.35. The zero-order valence-corrected chi connectivity index (χ0v) is 14.3. The molecule has 1 aromatic rings. The van der Waals surface area contributed by atoms with Gasteiger partial charge >= 0.3 is 6.03 Å². The minimum atomic E-state index is -0.0416. The highest BCUT2D eigenvalue weighted by Crippen LogP contribution is 2.30. The van der Waals surface area contributed by atoms with Gasteiger partial charge in [-0.15, -0.1) is 0 Å². The fourth-order valence-electron chi connectivity index (χ4n) is 3.58. The summed E-state index contributed by atoms with van der Waals surface area (Å²) in [7, 11) is 3.54. The lowest BCUT2D eigenvalue weighted by atomic mass is 10.0. The first-order valence-electron chi connectivity index (χ1n) is 8.43. The first-order chi connectivity index (χ1) is 11.0. The highest BCUT2D eigenvalue weighted by atomic mass is 16.5. The molecule has 0 saturated carbocycles. The van der Waals surface area contributed by atoms with Crippen LogP contribution < -0.4 is 5.32 Å². The number of rotatable bonds is 3. The van der Waals surface area contributed by atoms with E-state index in [0.717, 1.165) is 32.5 Å². The molecule has 2 aliphatic rings. The van der Waals surface area contributed by atoms with Crippen molar-refractivity contribution in [1.29, 1.82) is 0 Å². The number of hydrogen-bond donors (Lipinski definition) is 1. The molecule has 2 fully saturated rings. The van der Waals surface area contributed by atoms with Gasteiger partial charge in [-0.25, -0.2) is 4.79 Å². The maximum atomic E-state index is 12.0. The molecule has 3 atom stereocenters. The average molecular weight is 317 g/mol. The molecular weight excluding hydrogens is 290 g/mol. The van der Waals surface area contributed by atoms with Crippen LogP contribution in [0, 0.1) is 6.92 Å². The molecular formula is C18H27N3O2. The van der Waals surface area contributed by atoms with Crippen molar-refractivity contribution in [3.05, 3.63) is 35.4 Å². The second-order valence-corrected chi connectivity index (χ2v) is 6.91. The quantitative estimate of drug-likeness (QED) is 0.927. The molecule has 2 heterocycles. The summed E-state index contributed by atoms with van der Waals surface area (Å²) in [5.74, 6) is 0. The van der Waals surface area contributed by atoms with E-state index in [0.29, 0.717) is 6.04 Å². The SMILES string of the molecule is Cc1ccc(CN2C[C@@H](NC(=O)N(C)C)[C@H]3OCCC[C@H]32)cc1. The Hall–Kier alpha value is -1.59. The summed E-state index contributed by atoms with van der Waals surface area (Å²) < 4.78 is 6.01. The van der Waals surface area contributed by atoms with Crippen molar-refractivity contribution in [3.63, 3.8) is 0 Å². The number of amides is 2. The van der Waals surface area contributed by atoms with Crippen molar-refractivity contribution in [1.82, 2.24) is 15.1 Å². The highest BCUT2D eigenvalue weighted by molar-refractivity contribution is 5.74. The van der Waals surface area contributed by atoms with Crippen LogP contribution in [0.2, 0.25) is 0 Å². The van der Waals surface area contributed by atoms with Crippen molar-refractivity contribution in [3.8, 4) is 0 Å². The van der Waals surface area contributed by atoms with Gasteiger partial charge in [0.15, 0.2) is 0 Å². The molecule has 0 radical (unpaired) electrons. The molecule has 2 amide bonds. The van der Waals surface area contributed by atoms with E-state index in [1.54, 1.807) is 19.0 Å². The molecule has 2 aliphatic heterocycles. The Balaban J connectivity index is 1.70. The Morgan fingerprint density at radius 1 is 1.35 bits per heavy atom. The Kier molecular flexibility index (Phi) is 4.87.